The maximum Gasteiger partial charge on any atom is 0.239 e. The molecule has 0 aromatic heterocycles. The molecule has 1 aromatic carbocycles. The summed E-state index contributed by atoms with van der Waals surface area (Å²) in [6.45, 7) is 0.165. The molecule has 0 radical (unpaired) electrons. The van der Waals surface area contributed by atoms with Crippen molar-refractivity contribution in [3.8, 4) is 0 Å². The van der Waals surface area contributed by atoms with E-state index in [1.165, 1.54) is 36.3 Å². The third kappa shape index (κ3) is 3.14. The number of carbonyl (C=O) groups excluding carboxylic acids is 1. The van der Waals surface area contributed by atoms with Gasteiger partial charge >= 0.3 is 0 Å². The molecule has 3 atom stereocenters. The molecule has 1 aliphatic heterocycles. The van der Waals surface area contributed by atoms with E-state index in [1.807, 2.05) is 0 Å². The van der Waals surface area contributed by atoms with E-state index in [0.29, 0.717) is 17.5 Å². The maximum atomic E-state index is 13.7. The molecule has 1 amide bonds. The molecule has 1 saturated carbocycles. The summed E-state index contributed by atoms with van der Waals surface area (Å²) in [4.78, 5) is 14.1. The van der Waals surface area contributed by atoms with Crippen molar-refractivity contribution in [1.82, 2.24) is 10.2 Å². The van der Waals surface area contributed by atoms with Crippen LogP contribution >= 0.6 is 0 Å². The number of benzene rings is 1. The number of halogens is 2. The average Bonchev–Trinajstić information content (AvgIpc) is 2.93. The number of hydrogen-bond acceptors (Lipinski definition) is 2. The number of nitrogens with one attached hydrogen (secondary N) is 1. The van der Waals surface area contributed by atoms with Gasteiger partial charge in [0, 0.05) is 31.3 Å². The fraction of sp³-hybridized carbons (Fsp3) is 0.588. The summed E-state index contributed by atoms with van der Waals surface area (Å²) in [5.41, 5.74) is 0.340. The highest BCUT2D eigenvalue weighted by Gasteiger charge is 2.39. The molecule has 3 unspecified atom stereocenters. The second-order valence-electron chi connectivity index (χ2n) is 6.54. The van der Waals surface area contributed by atoms with Crippen molar-refractivity contribution in [1.29, 1.82) is 0 Å². The van der Waals surface area contributed by atoms with Crippen molar-refractivity contribution in [2.24, 2.45) is 5.92 Å². The Labute approximate surface area is 129 Å². The summed E-state index contributed by atoms with van der Waals surface area (Å²) >= 11 is 0. The summed E-state index contributed by atoms with van der Waals surface area (Å²) < 4.78 is 26.6. The van der Waals surface area contributed by atoms with Crippen LogP contribution in [0.1, 0.15) is 37.7 Å². The van der Waals surface area contributed by atoms with Gasteiger partial charge in [-0.3, -0.25) is 4.79 Å². The van der Waals surface area contributed by atoms with Crippen molar-refractivity contribution < 1.29 is 13.6 Å². The van der Waals surface area contributed by atoms with Gasteiger partial charge in [-0.15, -0.1) is 0 Å². The van der Waals surface area contributed by atoms with E-state index in [2.05, 4.69) is 5.32 Å². The molecule has 0 bridgehead atoms. The van der Waals surface area contributed by atoms with E-state index in [-0.39, 0.29) is 18.5 Å². The fourth-order valence-corrected chi connectivity index (χ4v) is 3.76. The molecule has 1 N–H and O–H groups in total. The van der Waals surface area contributed by atoms with E-state index in [1.54, 1.807) is 7.05 Å². The first-order chi connectivity index (χ1) is 10.5. The molecule has 1 aromatic rings. The predicted molar refractivity (Wildman–Crippen MR) is 80.1 cm³/mol. The lowest BCUT2D eigenvalue weighted by Gasteiger charge is -2.24. The summed E-state index contributed by atoms with van der Waals surface area (Å²) in [6, 6.07) is 3.77. The maximum absolute atomic E-state index is 13.7. The second kappa shape index (κ2) is 6.32. The van der Waals surface area contributed by atoms with Crippen molar-refractivity contribution in [3.05, 3.63) is 35.4 Å². The number of amides is 1. The van der Waals surface area contributed by atoms with Crippen LogP contribution in [0.5, 0.6) is 0 Å². The molecule has 2 fully saturated rings. The van der Waals surface area contributed by atoms with Gasteiger partial charge in [-0.1, -0.05) is 18.9 Å². The number of likely N-dealkylation sites (N-methyl/N-ethyl adjacent to an activating group) is 1. The van der Waals surface area contributed by atoms with Crippen molar-refractivity contribution in [3.63, 3.8) is 0 Å². The highest BCUT2D eigenvalue weighted by Crippen LogP contribution is 2.33. The van der Waals surface area contributed by atoms with Crippen LogP contribution in [0, 0.1) is 17.6 Å². The number of carbonyl (C=O) groups is 1. The molecule has 1 heterocycles. The minimum absolute atomic E-state index is 0.00174. The quantitative estimate of drug-likeness (QED) is 0.931. The van der Waals surface area contributed by atoms with Gasteiger partial charge in [0.05, 0.1) is 6.04 Å². The smallest absolute Gasteiger partial charge is 0.239 e. The first-order valence-corrected chi connectivity index (χ1v) is 7.99. The zero-order valence-electron chi connectivity index (χ0n) is 12.8. The van der Waals surface area contributed by atoms with Gasteiger partial charge in [0.25, 0.3) is 0 Å². The Morgan fingerprint density at radius 1 is 1.32 bits per heavy atom. The molecular weight excluding hydrogens is 286 g/mol. The molecule has 22 heavy (non-hydrogen) atoms. The monoisotopic (exact) mass is 308 g/mol. The van der Waals surface area contributed by atoms with Crippen LogP contribution in [-0.4, -0.2) is 29.9 Å². The summed E-state index contributed by atoms with van der Waals surface area (Å²) in [7, 11) is 1.68. The Kier molecular flexibility index (Phi) is 4.43. The molecule has 0 spiro atoms. The second-order valence-corrected chi connectivity index (χ2v) is 6.54. The van der Waals surface area contributed by atoms with Gasteiger partial charge in [0.1, 0.15) is 11.6 Å². The van der Waals surface area contributed by atoms with E-state index < -0.39 is 11.6 Å². The standard InChI is InChI=1S/C17H22F2N2O/c1-21(10-12-6-7-13(18)9-14(12)19)17(22)16-8-11-4-2-3-5-15(11)20-16/h6-7,9,11,15-16,20H,2-5,8,10H2,1H3. The largest absolute Gasteiger partial charge is 0.340 e. The summed E-state index contributed by atoms with van der Waals surface area (Å²) in [6.07, 6.45) is 5.69. The molecule has 1 saturated heterocycles. The van der Waals surface area contributed by atoms with Crippen LogP contribution in [0.15, 0.2) is 18.2 Å². The zero-order chi connectivity index (χ0) is 15.7. The Bertz CT molecular complexity index is 550. The predicted octanol–water partition coefficient (Wildman–Crippen LogP) is 2.84. The van der Waals surface area contributed by atoms with Crippen LogP contribution in [0.25, 0.3) is 0 Å². The van der Waals surface area contributed by atoms with E-state index in [4.69, 9.17) is 0 Å². The highest BCUT2D eigenvalue weighted by molar-refractivity contribution is 5.82. The number of hydrogen-bond donors (Lipinski definition) is 1. The molecule has 120 valence electrons. The lowest BCUT2D eigenvalue weighted by atomic mass is 9.85. The zero-order valence-corrected chi connectivity index (χ0v) is 12.8. The first kappa shape index (κ1) is 15.4. The first-order valence-electron chi connectivity index (χ1n) is 7.99. The van der Waals surface area contributed by atoms with Crippen LogP contribution < -0.4 is 5.32 Å². The van der Waals surface area contributed by atoms with Crippen molar-refractivity contribution >= 4 is 5.91 Å². The van der Waals surface area contributed by atoms with E-state index >= 15 is 0 Å². The Morgan fingerprint density at radius 2 is 2.09 bits per heavy atom. The van der Waals surface area contributed by atoms with Crippen LogP contribution in [-0.2, 0) is 11.3 Å². The van der Waals surface area contributed by atoms with Crippen LogP contribution in [0.4, 0.5) is 8.78 Å². The van der Waals surface area contributed by atoms with Gasteiger partial charge in [-0.2, -0.15) is 0 Å². The Balaban J connectivity index is 1.62. The highest BCUT2D eigenvalue weighted by atomic mass is 19.1. The molecular formula is C17H22F2N2O. The number of nitrogens with zero attached hydrogens (tertiary/aromatic N) is 1. The van der Waals surface area contributed by atoms with Crippen molar-refractivity contribution in [2.45, 2.75) is 50.7 Å². The van der Waals surface area contributed by atoms with Gasteiger partial charge in [0.15, 0.2) is 0 Å². The van der Waals surface area contributed by atoms with E-state index in [0.717, 1.165) is 18.9 Å². The fourth-order valence-electron chi connectivity index (χ4n) is 3.76. The number of rotatable bonds is 3. The molecule has 1 aliphatic carbocycles. The lowest BCUT2D eigenvalue weighted by Crippen LogP contribution is -2.43. The van der Waals surface area contributed by atoms with Crippen LogP contribution in [0.3, 0.4) is 0 Å². The molecule has 3 nitrogen and oxygen atoms in total. The van der Waals surface area contributed by atoms with Crippen LogP contribution in [0.2, 0.25) is 0 Å². The number of fused-ring (bicyclic) bond motifs is 1. The average molecular weight is 308 g/mol. The van der Waals surface area contributed by atoms with Crippen molar-refractivity contribution in [2.75, 3.05) is 7.05 Å². The molecule has 2 aliphatic rings. The Hall–Kier alpha value is -1.49. The summed E-state index contributed by atoms with van der Waals surface area (Å²) in [5, 5.41) is 3.44. The van der Waals surface area contributed by atoms with Gasteiger partial charge in [-0.05, 0) is 31.2 Å². The lowest BCUT2D eigenvalue weighted by molar-refractivity contribution is -0.132. The third-order valence-electron chi connectivity index (χ3n) is 4.96. The van der Waals surface area contributed by atoms with Gasteiger partial charge in [-0.25, -0.2) is 8.78 Å². The normalized spacial score (nSPS) is 27.5. The van der Waals surface area contributed by atoms with E-state index in [9.17, 15) is 13.6 Å². The minimum atomic E-state index is -0.604. The topological polar surface area (TPSA) is 32.3 Å². The SMILES string of the molecule is CN(Cc1ccc(F)cc1F)C(=O)C1CC2CCCCC2N1. The molecule has 3 rings (SSSR count). The molecule has 5 heteroatoms. The van der Waals surface area contributed by atoms with Gasteiger partial charge < -0.3 is 10.2 Å². The Morgan fingerprint density at radius 3 is 2.82 bits per heavy atom. The summed E-state index contributed by atoms with van der Waals surface area (Å²) in [5.74, 6) is -0.610. The van der Waals surface area contributed by atoms with Gasteiger partial charge in [0.2, 0.25) is 5.91 Å². The minimum Gasteiger partial charge on any atom is -0.340 e. The third-order valence-corrected chi connectivity index (χ3v) is 4.96.